The largest absolute Gasteiger partial charge is 0.294 e. The Morgan fingerprint density at radius 2 is 0.553 bits per heavy atom. The van der Waals surface area contributed by atoms with Crippen molar-refractivity contribution in [3.05, 3.63) is 143 Å². The summed E-state index contributed by atoms with van der Waals surface area (Å²) < 4.78 is 0. The highest BCUT2D eigenvalue weighted by atomic mass is 16.2. The van der Waals surface area contributed by atoms with Gasteiger partial charge in [-0.05, 0) is 36.8 Å². The second-order valence-corrected chi connectivity index (χ2v) is 12.6. The van der Waals surface area contributed by atoms with Crippen LogP contribution in [0.2, 0.25) is 0 Å². The number of hydrogen-bond acceptors (Lipinski definition) is 4. The number of Topliss-reactive ketones (excluding diaryl/α,β-unsaturated/α-hetero) is 4. The Morgan fingerprint density at radius 1 is 0.298 bits per heavy atom. The van der Waals surface area contributed by atoms with Crippen LogP contribution in [0.3, 0.4) is 0 Å². The van der Waals surface area contributed by atoms with Crippen LogP contribution in [-0.4, -0.2) is 23.1 Å². The average molecular weight is 629 g/mol. The highest BCUT2D eigenvalue weighted by Gasteiger charge is 2.14. The number of ketones is 4. The van der Waals surface area contributed by atoms with Crippen molar-refractivity contribution in [2.24, 2.45) is 0 Å². The first-order valence-corrected chi connectivity index (χ1v) is 17.4. The predicted octanol–water partition coefficient (Wildman–Crippen LogP) is 10.7. The number of carbonyl (C=O) groups is 4. The van der Waals surface area contributed by atoms with Gasteiger partial charge >= 0.3 is 0 Å². The van der Waals surface area contributed by atoms with Gasteiger partial charge in [-0.1, -0.05) is 167 Å². The van der Waals surface area contributed by atoms with Crippen molar-refractivity contribution in [1.29, 1.82) is 0 Å². The van der Waals surface area contributed by atoms with Gasteiger partial charge in [0.25, 0.3) is 0 Å². The second-order valence-electron chi connectivity index (χ2n) is 12.6. The van der Waals surface area contributed by atoms with Crippen LogP contribution in [0.5, 0.6) is 0 Å². The van der Waals surface area contributed by atoms with Crippen molar-refractivity contribution in [3.8, 4) is 0 Å². The van der Waals surface area contributed by atoms with Crippen molar-refractivity contribution in [3.63, 3.8) is 0 Å². The van der Waals surface area contributed by atoms with Crippen LogP contribution in [0.1, 0.15) is 136 Å². The summed E-state index contributed by atoms with van der Waals surface area (Å²) in [6, 6.07) is 33.5. The van der Waals surface area contributed by atoms with Crippen LogP contribution in [-0.2, 0) is 12.8 Å². The standard InChI is InChI=1S/C43H48O4/c44-40(36-20-14-10-15-21-36)32-42(46)38-28-24-34(25-29-38)18-12-8-6-4-2-1-3-5-7-9-13-19-35-26-30-39(31-27-35)43(47)33-41(45)37-22-16-11-17-23-37/h10-11,14-17,20-31H,1-9,12-13,18-19,32-33H2. The molecule has 0 aliphatic heterocycles. The third-order valence-electron chi connectivity index (χ3n) is 8.82. The second kappa shape index (κ2) is 19.9. The molecule has 0 aromatic heterocycles. The van der Waals surface area contributed by atoms with Crippen molar-refractivity contribution >= 4 is 23.1 Å². The smallest absolute Gasteiger partial charge is 0.170 e. The van der Waals surface area contributed by atoms with E-state index in [9.17, 15) is 19.2 Å². The first-order valence-electron chi connectivity index (χ1n) is 17.4. The average Bonchev–Trinajstić information content (AvgIpc) is 3.11. The zero-order valence-corrected chi connectivity index (χ0v) is 27.6. The first-order chi connectivity index (χ1) is 23.0. The molecule has 0 saturated heterocycles. The number of aryl methyl sites for hydroxylation is 2. The Morgan fingerprint density at radius 3 is 0.851 bits per heavy atom. The maximum atomic E-state index is 12.5. The van der Waals surface area contributed by atoms with E-state index in [0.29, 0.717) is 22.3 Å². The topological polar surface area (TPSA) is 68.3 Å². The van der Waals surface area contributed by atoms with Gasteiger partial charge in [-0.25, -0.2) is 0 Å². The van der Waals surface area contributed by atoms with E-state index in [4.69, 9.17) is 0 Å². The van der Waals surface area contributed by atoms with E-state index in [1.807, 2.05) is 84.9 Å². The summed E-state index contributed by atoms with van der Waals surface area (Å²) in [6.07, 6.45) is 15.7. The van der Waals surface area contributed by atoms with E-state index >= 15 is 0 Å². The highest BCUT2D eigenvalue weighted by Crippen LogP contribution is 2.17. The van der Waals surface area contributed by atoms with Crippen LogP contribution in [0.25, 0.3) is 0 Å². The van der Waals surface area contributed by atoms with E-state index < -0.39 is 0 Å². The maximum Gasteiger partial charge on any atom is 0.170 e. The molecule has 47 heavy (non-hydrogen) atoms. The first kappa shape index (κ1) is 35.4. The monoisotopic (exact) mass is 628 g/mol. The molecule has 0 unspecified atom stereocenters. The fourth-order valence-electron chi connectivity index (χ4n) is 5.91. The number of rotatable bonds is 22. The molecule has 0 amide bonds. The molecule has 0 aliphatic carbocycles. The third kappa shape index (κ3) is 12.7. The maximum absolute atomic E-state index is 12.5. The molecular formula is C43H48O4. The molecule has 0 radical (unpaired) electrons. The Hall–Kier alpha value is -4.44. The SMILES string of the molecule is O=C(CC(=O)c1ccc(CCCCCCCCCCCCCc2ccc(C(=O)CC(=O)c3ccccc3)cc2)cc1)c1ccccc1. The lowest BCUT2D eigenvalue weighted by atomic mass is 9.99. The van der Waals surface area contributed by atoms with Gasteiger partial charge in [0, 0.05) is 22.3 Å². The third-order valence-corrected chi connectivity index (χ3v) is 8.82. The summed E-state index contributed by atoms with van der Waals surface area (Å²) >= 11 is 0. The lowest BCUT2D eigenvalue weighted by molar-refractivity contribution is 0.0878. The minimum Gasteiger partial charge on any atom is -0.294 e. The Kier molecular flexibility index (Phi) is 15.0. The van der Waals surface area contributed by atoms with E-state index in [-0.39, 0.29) is 36.0 Å². The number of hydrogen-bond donors (Lipinski definition) is 0. The summed E-state index contributed by atoms with van der Waals surface area (Å²) in [5.74, 6) is -0.529. The van der Waals surface area contributed by atoms with E-state index in [1.165, 1.54) is 68.9 Å². The van der Waals surface area contributed by atoms with Crippen LogP contribution in [0.4, 0.5) is 0 Å². The van der Waals surface area contributed by atoms with Gasteiger partial charge in [-0.3, -0.25) is 19.2 Å². The molecule has 0 bridgehead atoms. The molecule has 0 saturated carbocycles. The molecule has 4 aromatic rings. The van der Waals surface area contributed by atoms with Gasteiger partial charge < -0.3 is 0 Å². The Balaban J connectivity index is 0.963. The molecule has 4 rings (SSSR count). The van der Waals surface area contributed by atoms with Crippen LogP contribution in [0, 0.1) is 0 Å². The van der Waals surface area contributed by atoms with Gasteiger partial charge in [0.05, 0.1) is 12.8 Å². The van der Waals surface area contributed by atoms with E-state index in [1.54, 1.807) is 24.3 Å². The van der Waals surface area contributed by atoms with Crippen molar-refractivity contribution < 1.29 is 19.2 Å². The quantitative estimate of drug-likeness (QED) is 0.0493. The minimum atomic E-state index is -0.137. The number of benzene rings is 4. The molecule has 0 heterocycles. The van der Waals surface area contributed by atoms with Crippen molar-refractivity contribution in [1.82, 2.24) is 0 Å². The van der Waals surface area contributed by atoms with Gasteiger partial charge in [-0.15, -0.1) is 0 Å². The molecule has 4 nitrogen and oxygen atoms in total. The van der Waals surface area contributed by atoms with Gasteiger partial charge in [0.15, 0.2) is 23.1 Å². The lowest BCUT2D eigenvalue weighted by Gasteiger charge is -2.06. The Bertz CT molecular complexity index is 1420. The molecule has 0 spiro atoms. The molecule has 0 fully saturated rings. The summed E-state index contributed by atoms with van der Waals surface area (Å²) in [7, 11) is 0. The minimum absolute atomic E-state index is 0.0913. The summed E-state index contributed by atoms with van der Waals surface area (Å²) in [5.41, 5.74) is 4.86. The fourth-order valence-corrected chi connectivity index (χ4v) is 5.91. The van der Waals surface area contributed by atoms with Crippen LogP contribution in [0.15, 0.2) is 109 Å². The van der Waals surface area contributed by atoms with Crippen LogP contribution < -0.4 is 0 Å². The zero-order chi connectivity index (χ0) is 33.1. The molecular weight excluding hydrogens is 580 g/mol. The van der Waals surface area contributed by atoms with E-state index in [2.05, 4.69) is 0 Å². The molecule has 244 valence electrons. The molecule has 0 N–H and O–H groups in total. The number of unbranched alkanes of at least 4 members (excludes halogenated alkanes) is 10. The summed E-state index contributed by atoms with van der Waals surface area (Å²) in [5, 5.41) is 0. The molecule has 4 aromatic carbocycles. The van der Waals surface area contributed by atoms with Crippen LogP contribution >= 0.6 is 0 Å². The van der Waals surface area contributed by atoms with Crippen molar-refractivity contribution in [2.45, 2.75) is 96.3 Å². The summed E-state index contributed by atoms with van der Waals surface area (Å²) in [4.78, 5) is 49.6. The van der Waals surface area contributed by atoms with Crippen molar-refractivity contribution in [2.75, 3.05) is 0 Å². The van der Waals surface area contributed by atoms with Gasteiger partial charge in [0.2, 0.25) is 0 Å². The normalized spacial score (nSPS) is 10.9. The zero-order valence-electron chi connectivity index (χ0n) is 27.6. The highest BCUT2D eigenvalue weighted by molar-refractivity contribution is 6.14. The number of carbonyl (C=O) groups excluding carboxylic acids is 4. The van der Waals surface area contributed by atoms with E-state index in [0.717, 1.165) is 25.7 Å². The molecule has 4 heteroatoms. The summed E-state index contributed by atoms with van der Waals surface area (Å²) in [6.45, 7) is 0. The predicted molar refractivity (Wildman–Crippen MR) is 191 cm³/mol. The Labute approximate surface area is 280 Å². The molecule has 0 atom stereocenters. The van der Waals surface area contributed by atoms with Gasteiger partial charge in [0.1, 0.15) is 0 Å². The lowest BCUT2D eigenvalue weighted by Crippen LogP contribution is -2.08. The van der Waals surface area contributed by atoms with Gasteiger partial charge in [-0.2, -0.15) is 0 Å². The molecule has 0 aliphatic rings. The fraction of sp³-hybridized carbons (Fsp3) is 0.349.